The Morgan fingerprint density at radius 3 is 2.70 bits per heavy atom. The molecular formula is C13H14N2O5. The Bertz CT molecular complexity index is 566. The maximum atomic E-state index is 11.7. The maximum absolute atomic E-state index is 11.7. The van der Waals surface area contributed by atoms with Gasteiger partial charge in [-0.25, -0.2) is 0 Å². The van der Waals surface area contributed by atoms with Crippen LogP contribution < -0.4 is 5.32 Å². The molecule has 0 spiro atoms. The second-order valence-corrected chi connectivity index (χ2v) is 3.95. The van der Waals surface area contributed by atoms with Crippen LogP contribution in [0.4, 0.5) is 5.69 Å². The molecule has 0 aliphatic heterocycles. The molecule has 0 bridgehead atoms. The zero-order chi connectivity index (χ0) is 15.1. The second-order valence-electron chi connectivity index (χ2n) is 3.95. The molecule has 0 aliphatic rings. The third-order valence-electron chi connectivity index (χ3n) is 2.41. The summed E-state index contributed by atoms with van der Waals surface area (Å²) in [5, 5.41) is 21.6. The number of amides is 1. The SMILES string of the molecule is CC(=O)C(=Cc1cccc([N+](=O)[O-])c1)C(=O)NCCO. The van der Waals surface area contributed by atoms with Crippen molar-refractivity contribution in [2.45, 2.75) is 6.92 Å². The molecule has 7 nitrogen and oxygen atoms in total. The van der Waals surface area contributed by atoms with Gasteiger partial charge in [-0.1, -0.05) is 12.1 Å². The van der Waals surface area contributed by atoms with Crippen molar-refractivity contribution in [2.75, 3.05) is 13.2 Å². The van der Waals surface area contributed by atoms with Gasteiger partial charge in [-0.05, 0) is 18.6 Å². The van der Waals surface area contributed by atoms with Crippen LogP contribution in [0.5, 0.6) is 0 Å². The number of nitro benzene ring substituents is 1. The van der Waals surface area contributed by atoms with E-state index in [1.54, 1.807) is 6.07 Å². The quantitative estimate of drug-likeness (QED) is 0.261. The molecule has 1 amide bonds. The summed E-state index contributed by atoms with van der Waals surface area (Å²) < 4.78 is 0. The summed E-state index contributed by atoms with van der Waals surface area (Å²) in [6, 6.07) is 5.60. The van der Waals surface area contributed by atoms with Crippen molar-refractivity contribution in [2.24, 2.45) is 0 Å². The third-order valence-corrected chi connectivity index (χ3v) is 2.41. The molecule has 1 aromatic rings. The van der Waals surface area contributed by atoms with Gasteiger partial charge in [0.2, 0.25) is 0 Å². The highest BCUT2D eigenvalue weighted by molar-refractivity contribution is 6.21. The topological polar surface area (TPSA) is 110 Å². The zero-order valence-corrected chi connectivity index (χ0v) is 10.8. The molecule has 0 fully saturated rings. The van der Waals surface area contributed by atoms with Crippen LogP contribution in [0.3, 0.4) is 0 Å². The molecule has 106 valence electrons. The van der Waals surface area contributed by atoms with Crippen molar-refractivity contribution in [1.82, 2.24) is 5.32 Å². The summed E-state index contributed by atoms with van der Waals surface area (Å²) in [4.78, 5) is 33.3. The number of rotatable bonds is 6. The first-order valence-electron chi connectivity index (χ1n) is 5.82. The van der Waals surface area contributed by atoms with E-state index in [9.17, 15) is 19.7 Å². The van der Waals surface area contributed by atoms with E-state index in [2.05, 4.69) is 5.32 Å². The van der Waals surface area contributed by atoms with Crippen LogP contribution >= 0.6 is 0 Å². The molecular weight excluding hydrogens is 264 g/mol. The van der Waals surface area contributed by atoms with Crippen molar-refractivity contribution in [3.05, 3.63) is 45.5 Å². The Morgan fingerprint density at radius 2 is 2.15 bits per heavy atom. The molecule has 0 unspecified atom stereocenters. The summed E-state index contributed by atoms with van der Waals surface area (Å²) in [5.74, 6) is -1.09. The predicted octanol–water partition coefficient (Wildman–Crippen LogP) is 0.676. The number of carbonyl (C=O) groups excluding carboxylic acids is 2. The van der Waals surface area contributed by atoms with Gasteiger partial charge in [0.05, 0.1) is 17.1 Å². The average Bonchev–Trinajstić information content (AvgIpc) is 2.42. The molecule has 1 rings (SSSR count). The van der Waals surface area contributed by atoms with Crippen molar-refractivity contribution in [3.8, 4) is 0 Å². The van der Waals surface area contributed by atoms with E-state index in [1.165, 1.54) is 31.2 Å². The molecule has 2 N–H and O–H groups in total. The molecule has 0 atom stereocenters. The molecule has 0 heterocycles. The number of ketones is 1. The largest absolute Gasteiger partial charge is 0.395 e. The van der Waals surface area contributed by atoms with Gasteiger partial charge in [0.25, 0.3) is 11.6 Å². The van der Waals surface area contributed by atoms with E-state index in [4.69, 9.17) is 5.11 Å². The highest BCUT2D eigenvalue weighted by atomic mass is 16.6. The van der Waals surface area contributed by atoms with E-state index in [-0.39, 0.29) is 24.4 Å². The van der Waals surface area contributed by atoms with E-state index >= 15 is 0 Å². The Kier molecular flexibility index (Phi) is 5.55. The molecule has 0 saturated heterocycles. The van der Waals surface area contributed by atoms with Crippen molar-refractivity contribution in [3.63, 3.8) is 0 Å². The molecule has 0 saturated carbocycles. The van der Waals surface area contributed by atoms with E-state index in [0.717, 1.165) is 0 Å². The molecule has 7 heteroatoms. The van der Waals surface area contributed by atoms with Crippen molar-refractivity contribution in [1.29, 1.82) is 0 Å². The Hall–Kier alpha value is -2.54. The lowest BCUT2D eigenvalue weighted by Crippen LogP contribution is -2.30. The summed E-state index contributed by atoms with van der Waals surface area (Å²) >= 11 is 0. The highest BCUT2D eigenvalue weighted by Crippen LogP contribution is 2.16. The minimum atomic E-state index is -0.627. The molecule has 20 heavy (non-hydrogen) atoms. The Labute approximate surface area is 115 Å². The van der Waals surface area contributed by atoms with Crippen molar-refractivity contribution >= 4 is 23.5 Å². The van der Waals surface area contributed by atoms with Crippen LogP contribution in [0.15, 0.2) is 29.8 Å². The van der Waals surface area contributed by atoms with Gasteiger partial charge in [0, 0.05) is 18.7 Å². The summed E-state index contributed by atoms with van der Waals surface area (Å²) in [6.07, 6.45) is 1.28. The fourth-order valence-electron chi connectivity index (χ4n) is 1.49. The Morgan fingerprint density at radius 1 is 1.45 bits per heavy atom. The molecule has 0 radical (unpaired) electrons. The number of nitrogens with zero attached hydrogens (tertiary/aromatic N) is 1. The lowest BCUT2D eigenvalue weighted by Gasteiger charge is -2.05. The van der Waals surface area contributed by atoms with E-state index in [1.807, 2.05) is 0 Å². The average molecular weight is 278 g/mol. The van der Waals surface area contributed by atoms with Gasteiger partial charge in [-0.15, -0.1) is 0 Å². The first kappa shape index (κ1) is 15.5. The van der Waals surface area contributed by atoms with Gasteiger partial charge in [0.1, 0.15) is 0 Å². The summed E-state index contributed by atoms with van der Waals surface area (Å²) in [6.45, 7) is 1.01. The minimum absolute atomic E-state index is 0.0262. The lowest BCUT2D eigenvalue weighted by atomic mass is 10.1. The normalized spacial score (nSPS) is 11.0. The van der Waals surface area contributed by atoms with Crippen LogP contribution in [0.2, 0.25) is 0 Å². The second kappa shape index (κ2) is 7.15. The number of carbonyl (C=O) groups is 2. The monoisotopic (exact) mass is 278 g/mol. The van der Waals surface area contributed by atoms with Crippen LogP contribution in [0.25, 0.3) is 6.08 Å². The number of nitrogens with one attached hydrogen (secondary N) is 1. The number of hydrogen-bond donors (Lipinski definition) is 2. The number of aliphatic hydroxyl groups is 1. The van der Waals surface area contributed by atoms with Gasteiger partial charge in [-0.2, -0.15) is 0 Å². The predicted molar refractivity (Wildman–Crippen MR) is 71.8 cm³/mol. The van der Waals surface area contributed by atoms with Gasteiger partial charge in [0.15, 0.2) is 5.78 Å². The van der Waals surface area contributed by atoms with Crippen molar-refractivity contribution < 1.29 is 19.6 Å². The van der Waals surface area contributed by atoms with Gasteiger partial charge in [-0.3, -0.25) is 19.7 Å². The number of Topliss-reactive ketones (excluding diaryl/α,β-unsaturated/α-hetero) is 1. The Balaban J connectivity index is 3.08. The van der Waals surface area contributed by atoms with Crippen LogP contribution in [0.1, 0.15) is 12.5 Å². The summed E-state index contributed by atoms with van der Waals surface area (Å²) in [5.41, 5.74) is 0.125. The first-order chi connectivity index (χ1) is 9.45. The number of non-ortho nitro benzene ring substituents is 1. The first-order valence-corrected chi connectivity index (χ1v) is 5.82. The van der Waals surface area contributed by atoms with E-state index < -0.39 is 16.6 Å². The van der Waals surface area contributed by atoms with Crippen LogP contribution in [-0.2, 0) is 9.59 Å². The number of aliphatic hydroxyl groups excluding tert-OH is 1. The van der Waals surface area contributed by atoms with Gasteiger partial charge < -0.3 is 10.4 Å². The molecule has 1 aromatic carbocycles. The maximum Gasteiger partial charge on any atom is 0.270 e. The standard InChI is InChI=1S/C13H14N2O5/c1-9(17)12(13(18)14-5-6-16)8-10-3-2-4-11(7-10)15(19)20/h2-4,7-8,16H,5-6H2,1H3,(H,14,18). The zero-order valence-electron chi connectivity index (χ0n) is 10.8. The lowest BCUT2D eigenvalue weighted by molar-refractivity contribution is -0.384. The third kappa shape index (κ3) is 4.29. The highest BCUT2D eigenvalue weighted by Gasteiger charge is 2.14. The molecule has 0 aliphatic carbocycles. The van der Waals surface area contributed by atoms with Crippen LogP contribution in [-0.4, -0.2) is 34.9 Å². The van der Waals surface area contributed by atoms with E-state index in [0.29, 0.717) is 5.56 Å². The number of benzene rings is 1. The fraction of sp³-hybridized carbons (Fsp3) is 0.231. The minimum Gasteiger partial charge on any atom is -0.395 e. The summed E-state index contributed by atoms with van der Waals surface area (Å²) in [7, 11) is 0. The van der Waals surface area contributed by atoms with Crippen LogP contribution in [0, 0.1) is 10.1 Å². The number of hydrogen-bond acceptors (Lipinski definition) is 5. The number of nitro groups is 1. The fourth-order valence-corrected chi connectivity index (χ4v) is 1.49. The smallest absolute Gasteiger partial charge is 0.270 e. The molecule has 0 aromatic heterocycles. The van der Waals surface area contributed by atoms with Gasteiger partial charge >= 0.3 is 0 Å².